The molecule has 1 fully saturated rings. The van der Waals surface area contributed by atoms with Crippen molar-refractivity contribution in [2.45, 2.75) is 59.1 Å². The first kappa shape index (κ1) is 17.6. The Morgan fingerprint density at radius 2 is 2.13 bits per heavy atom. The van der Waals surface area contributed by atoms with Crippen LogP contribution in [0.5, 0.6) is 0 Å². The van der Waals surface area contributed by atoms with Gasteiger partial charge in [-0.15, -0.1) is 0 Å². The molecule has 5 heteroatoms. The van der Waals surface area contributed by atoms with Crippen LogP contribution in [0.4, 0.5) is 10.6 Å². The molecular formula is C18H29N3O2. The number of likely N-dealkylation sites (tertiary alicyclic amines) is 1. The van der Waals surface area contributed by atoms with Crippen molar-refractivity contribution in [3.05, 3.63) is 23.4 Å². The Bertz CT molecular complexity index is 566. The van der Waals surface area contributed by atoms with Crippen molar-refractivity contribution in [3.8, 4) is 0 Å². The number of carbonyl (C=O) groups is 1. The number of aryl methyl sites for hydroxylation is 2. The van der Waals surface area contributed by atoms with Gasteiger partial charge in [-0.2, -0.15) is 0 Å². The smallest absolute Gasteiger partial charge is 0.410 e. The molecule has 2 heterocycles. The quantitative estimate of drug-likeness (QED) is 0.856. The minimum atomic E-state index is -0.449. The third kappa shape index (κ3) is 4.36. The lowest BCUT2D eigenvalue weighted by molar-refractivity contribution is 0.0292. The molecule has 0 spiro atoms. The second kappa shape index (κ2) is 6.77. The number of rotatable bonds is 3. The molecule has 1 saturated heterocycles. The highest BCUT2D eigenvalue weighted by Gasteiger charge is 2.32. The van der Waals surface area contributed by atoms with Crippen LogP contribution >= 0.6 is 0 Å². The maximum absolute atomic E-state index is 12.2. The Balaban J connectivity index is 2.02. The van der Waals surface area contributed by atoms with E-state index < -0.39 is 5.60 Å². The van der Waals surface area contributed by atoms with E-state index in [0.717, 1.165) is 30.9 Å². The van der Waals surface area contributed by atoms with Gasteiger partial charge in [0.15, 0.2) is 0 Å². The molecule has 1 atom stereocenters. The molecule has 0 radical (unpaired) electrons. The molecule has 0 aromatic carbocycles. The Hall–Kier alpha value is -1.78. The predicted octanol–water partition coefficient (Wildman–Crippen LogP) is 3.40. The third-order valence-electron chi connectivity index (χ3n) is 4.25. The van der Waals surface area contributed by atoms with Crippen molar-refractivity contribution < 1.29 is 9.53 Å². The standard InChI is InChI=1S/C18H29N3O2/c1-7-15-13(2)8-9-16(19-15)20(6)14-10-11-21(12-14)17(22)23-18(3,4)5/h8-9,14H,7,10-12H2,1-6H3. The molecule has 0 aliphatic carbocycles. The lowest BCUT2D eigenvalue weighted by Gasteiger charge is -2.27. The van der Waals surface area contributed by atoms with Crippen molar-refractivity contribution in [3.63, 3.8) is 0 Å². The van der Waals surface area contributed by atoms with E-state index in [2.05, 4.69) is 37.9 Å². The van der Waals surface area contributed by atoms with Crippen molar-refractivity contribution in [1.29, 1.82) is 0 Å². The van der Waals surface area contributed by atoms with Crippen LogP contribution in [0.15, 0.2) is 12.1 Å². The molecule has 1 aromatic heterocycles. The largest absolute Gasteiger partial charge is 0.444 e. The van der Waals surface area contributed by atoms with Gasteiger partial charge >= 0.3 is 6.09 Å². The van der Waals surface area contributed by atoms with Crippen LogP contribution in [0.2, 0.25) is 0 Å². The van der Waals surface area contributed by atoms with Gasteiger partial charge in [-0.05, 0) is 52.2 Å². The number of hydrogen-bond donors (Lipinski definition) is 0. The molecule has 1 unspecified atom stereocenters. The second-order valence-electron chi connectivity index (χ2n) is 7.27. The number of nitrogens with zero attached hydrogens (tertiary/aromatic N) is 3. The lowest BCUT2D eigenvalue weighted by atomic mass is 10.1. The average Bonchev–Trinajstić information content (AvgIpc) is 2.95. The second-order valence-corrected chi connectivity index (χ2v) is 7.27. The van der Waals surface area contributed by atoms with E-state index in [1.807, 2.05) is 20.8 Å². The van der Waals surface area contributed by atoms with Crippen LogP contribution in [-0.4, -0.2) is 47.8 Å². The van der Waals surface area contributed by atoms with Crippen molar-refractivity contribution >= 4 is 11.9 Å². The average molecular weight is 319 g/mol. The lowest BCUT2D eigenvalue weighted by Crippen LogP contribution is -2.39. The fourth-order valence-corrected chi connectivity index (χ4v) is 2.85. The van der Waals surface area contributed by atoms with Gasteiger partial charge in [0.05, 0.1) is 0 Å². The van der Waals surface area contributed by atoms with Crippen molar-refractivity contribution in [2.75, 3.05) is 25.0 Å². The van der Waals surface area contributed by atoms with Gasteiger partial charge in [0.2, 0.25) is 0 Å². The number of hydrogen-bond acceptors (Lipinski definition) is 4. The first-order valence-corrected chi connectivity index (χ1v) is 8.38. The van der Waals surface area contributed by atoms with Gasteiger partial charge in [0.25, 0.3) is 0 Å². The van der Waals surface area contributed by atoms with E-state index >= 15 is 0 Å². The normalized spacial score (nSPS) is 18.2. The highest BCUT2D eigenvalue weighted by molar-refractivity contribution is 5.68. The molecule has 0 bridgehead atoms. The van der Waals surface area contributed by atoms with E-state index in [1.54, 1.807) is 4.90 Å². The third-order valence-corrected chi connectivity index (χ3v) is 4.25. The summed E-state index contributed by atoms with van der Waals surface area (Å²) in [6.45, 7) is 11.3. The zero-order valence-electron chi connectivity index (χ0n) is 15.2. The Morgan fingerprint density at radius 1 is 1.43 bits per heavy atom. The highest BCUT2D eigenvalue weighted by Crippen LogP contribution is 2.23. The summed E-state index contributed by atoms with van der Waals surface area (Å²) in [6, 6.07) is 4.46. The molecule has 1 aliphatic heterocycles. The Morgan fingerprint density at radius 3 is 2.74 bits per heavy atom. The highest BCUT2D eigenvalue weighted by atomic mass is 16.6. The molecule has 5 nitrogen and oxygen atoms in total. The van der Waals surface area contributed by atoms with Gasteiger partial charge in [0, 0.05) is 31.9 Å². The summed E-state index contributed by atoms with van der Waals surface area (Å²) in [6.07, 6.45) is 1.65. The maximum Gasteiger partial charge on any atom is 0.410 e. The van der Waals surface area contributed by atoms with Crippen LogP contribution in [0.3, 0.4) is 0 Å². The molecule has 2 rings (SSSR count). The molecule has 0 saturated carbocycles. The van der Waals surface area contributed by atoms with Crippen LogP contribution in [-0.2, 0) is 11.2 Å². The predicted molar refractivity (Wildman–Crippen MR) is 93.0 cm³/mol. The van der Waals surface area contributed by atoms with Crippen LogP contribution < -0.4 is 4.90 Å². The Kier molecular flexibility index (Phi) is 5.17. The number of carbonyl (C=O) groups excluding carboxylic acids is 1. The van der Waals surface area contributed by atoms with E-state index in [4.69, 9.17) is 9.72 Å². The van der Waals surface area contributed by atoms with Crippen molar-refractivity contribution in [1.82, 2.24) is 9.88 Å². The molecule has 23 heavy (non-hydrogen) atoms. The number of anilines is 1. The number of pyridine rings is 1. The maximum atomic E-state index is 12.2. The molecular weight excluding hydrogens is 290 g/mol. The minimum absolute atomic E-state index is 0.223. The van der Waals surface area contributed by atoms with Crippen LogP contribution in [0, 0.1) is 6.92 Å². The molecule has 1 aromatic rings. The monoisotopic (exact) mass is 319 g/mol. The van der Waals surface area contributed by atoms with E-state index in [0.29, 0.717) is 6.54 Å². The molecule has 0 N–H and O–H groups in total. The number of ether oxygens (including phenoxy) is 1. The van der Waals surface area contributed by atoms with Gasteiger partial charge in [-0.1, -0.05) is 13.0 Å². The first-order valence-electron chi connectivity index (χ1n) is 8.38. The van der Waals surface area contributed by atoms with Gasteiger partial charge in [-0.3, -0.25) is 0 Å². The Labute approximate surface area is 139 Å². The zero-order chi connectivity index (χ0) is 17.2. The van der Waals surface area contributed by atoms with Crippen molar-refractivity contribution in [2.24, 2.45) is 0 Å². The minimum Gasteiger partial charge on any atom is -0.444 e. The summed E-state index contributed by atoms with van der Waals surface area (Å²) < 4.78 is 5.46. The number of aromatic nitrogens is 1. The summed E-state index contributed by atoms with van der Waals surface area (Å²) in [5.41, 5.74) is 1.91. The topological polar surface area (TPSA) is 45.7 Å². The fraction of sp³-hybridized carbons (Fsp3) is 0.667. The van der Waals surface area contributed by atoms with E-state index in [1.165, 1.54) is 5.56 Å². The van der Waals surface area contributed by atoms with Gasteiger partial charge in [-0.25, -0.2) is 9.78 Å². The zero-order valence-corrected chi connectivity index (χ0v) is 15.2. The summed E-state index contributed by atoms with van der Waals surface area (Å²) >= 11 is 0. The first-order chi connectivity index (χ1) is 10.7. The molecule has 128 valence electrons. The molecule has 1 aliphatic rings. The molecule has 1 amide bonds. The SMILES string of the molecule is CCc1nc(N(C)C2CCN(C(=O)OC(C)(C)C)C2)ccc1C. The van der Waals surface area contributed by atoms with Crippen LogP contribution in [0.25, 0.3) is 0 Å². The summed E-state index contributed by atoms with van der Waals surface area (Å²) in [5, 5.41) is 0. The summed E-state index contributed by atoms with van der Waals surface area (Å²) in [4.78, 5) is 20.9. The van der Waals surface area contributed by atoms with Crippen LogP contribution in [0.1, 0.15) is 45.4 Å². The number of likely N-dealkylation sites (N-methyl/N-ethyl adjacent to an activating group) is 1. The van der Waals surface area contributed by atoms with Gasteiger partial charge < -0.3 is 14.5 Å². The summed E-state index contributed by atoms with van der Waals surface area (Å²) in [7, 11) is 2.06. The van der Waals surface area contributed by atoms with Gasteiger partial charge in [0.1, 0.15) is 11.4 Å². The summed E-state index contributed by atoms with van der Waals surface area (Å²) in [5.74, 6) is 0.975. The van der Waals surface area contributed by atoms with E-state index in [-0.39, 0.29) is 12.1 Å². The van der Waals surface area contributed by atoms with E-state index in [9.17, 15) is 4.79 Å². The number of amides is 1. The fourth-order valence-electron chi connectivity index (χ4n) is 2.85.